The molecule has 1 aliphatic rings. The molecule has 0 saturated carbocycles. The Morgan fingerprint density at radius 3 is 2.72 bits per heavy atom. The van der Waals surface area contributed by atoms with Gasteiger partial charge in [-0.15, -0.1) is 11.3 Å². The van der Waals surface area contributed by atoms with Crippen LogP contribution < -0.4 is 0 Å². The topological polar surface area (TPSA) is 40.6 Å². The normalized spacial score (nSPS) is 16.9. The molecule has 1 fully saturated rings. The van der Waals surface area contributed by atoms with Crippen molar-refractivity contribution in [2.45, 2.75) is 6.42 Å². The number of likely N-dealkylation sites (N-methyl/N-ethyl adjacent to an activating group) is 1. The molecule has 18 heavy (non-hydrogen) atoms. The number of hydrogen-bond acceptors (Lipinski definition) is 3. The highest BCUT2D eigenvalue weighted by Gasteiger charge is 2.25. The highest BCUT2D eigenvalue weighted by atomic mass is 79.9. The van der Waals surface area contributed by atoms with Crippen molar-refractivity contribution in [3.05, 3.63) is 19.2 Å². The van der Waals surface area contributed by atoms with Gasteiger partial charge in [0, 0.05) is 20.1 Å². The lowest BCUT2D eigenvalue weighted by molar-refractivity contribution is -0.129. The third-order valence-corrected chi connectivity index (χ3v) is 5.19. The van der Waals surface area contributed by atoms with Gasteiger partial charge in [0.25, 0.3) is 5.91 Å². The molecule has 0 unspecified atom stereocenters. The quantitative estimate of drug-likeness (QED) is 0.733. The molecule has 1 aliphatic heterocycles. The summed E-state index contributed by atoms with van der Waals surface area (Å²) in [5.74, 6) is -0.0984. The van der Waals surface area contributed by atoms with E-state index in [4.69, 9.17) is 0 Å². The molecule has 1 aromatic heterocycles. The number of nitrogens with zero attached hydrogens (tertiary/aromatic N) is 2. The van der Waals surface area contributed by atoms with Crippen molar-refractivity contribution >= 4 is 55.0 Å². The lowest BCUT2D eigenvalue weighted by Crippen LogP contribution is -2.38. The summed E-state index contributed by atoms with van der Waals surface area (Å²) in [7, 11) is 1.77. The zero-order chi connectivity index (χ0) is 13.3. The van der Waals surface area contributed by atoms with Gasteiger partial charge in [0.2, 0.25) is 5.91 Å². The molecule has 98 valence electrons. The first-order chi connectivity index (χ1) is 8.49. The zero-order valence-electron chi connectivity index (χ0n) is 9.78. The molecule has 0 bridgehead atoms. The Bertz CT molecular complexity index is 489. The molecule has 2 rings (SSSR count). The monoisotopic (exact) mass is 394 g/mol. The first-order valence-electron chi connectivity index (χ1n) is 5.47. The molecule has 2 heterocycles. The highest BCUT2D eigenvalue weighted by molar-refractivity contribution is 9.12. The minimum absolute atomic E-state index is 0.00809. The van der Waals surface area contributed by atoms with E-state index >= 15 is 0 Å². The van der Waals surface area contributed by atoms with Gasteiger partial charge >= 0.3 is 0 Å². The van der Waals surface area contributed by atoms with Crippen LogP contribution in [0.5, 0.6) is 0 Å². The van der Waals surface area contributed by atoms with Crippen LogP contribution in [0.25, 0.3) is 0 Å². The van der Waals surface area contributed by atoms with Crippen LogP contribution in [0.15, 0.2) is 13.6 Å². The lowest BCUT2D eigenvalue weighted by Gasteiger charge is -2.19. The highest BCUT2D eigenvalue weighted by Crippen LogP contribution is 2.32. The van der Waals surface area contributed by atoms with Crippen molar-refractivity contribution in [2.24, 2.45) is 0 Å². The molecule has 7 heteroatoms. The molecule has 1 saturated heterocycles. The minimum atomic E-state index is -0.0903. The Morgan fingerprint density at radius 2 is 2.11 bits per heavy atom. The summed E-state index contributed by atoms with van der Waals surface area (Å²) in [5.41, 5.74) is 0.615. The van der Waals surface area contributed by atoms with Gasteiger partial charge in [0.05, 0.1) is 13.1 Å². The van der Waals surface area contributed by atoms with Gasteiger partial charge in [-0.25, -0.2) is 0 Å². The molecule has 0 atom stereocenters. The summed E-state index contributed by atoms with van der Waals surface area (Å²) in [6.45, 7) is 1.49. The standard InChI is InChI=1S/C11H12Br2N2O2S/c1-14-3-2-4-15(6-9(14)16)11(17)7-5-8(12)18-10(7)13/h5H,2-4,6H2,1H3. The van der Waals surface area contributed by atoms with Crippen LogP contribution >= 0.6 is 43.2 Å². The summed E-state index contributed by atoms with van der Waals surface area (Å²) in [6, 6.07) is 1.79. The Morgan fingerprint density at radius 1 is 1.39 bits per heavy atom. The van der Waals surface area contributed by atoms with E-state index in [1.165, 1.54) is 11.3 Å². The van der Waals surface area contributed by atoms with E-state index in [0.29, 0.717) is 18.7 Å². The summed E-state index contributed by atoms with van der Waals surface area (Å²) in [4.78, 5) is 27.4. The van der Waals surface area contributed by atoms with Crippen LogP contribution in [0.4, 0.5) is 0 Å². The van der Waals surface area contributed by atoms with Crippen molar-refractivity contribution in [2.75, 3.05) is 26.7 Å². The molecule has 1 aromatic rings. The second-order valence-electron chi connectivity index (χ2n) is 4.13. The minimum Gasteiger partial charge on any atom is -0.344 e. The van der Waals surface area contributed by atoms with Gasteiger partial charge in [-0.05, 0) is 44.3 Å². The maximum absolute atomic E-state index is 12.3. The summed E-state index contributed by atoms with van der Waals surface area (Å²) in [5, 5.41) is 0. The van der Waals surface area contributed by atoms with Crippen LogP contribution in [0.2, 0.25) is 0 Å². The summed E-state index contributed by atoms with van der Waals surface area (Å²) in [6.07, 6.45) is 0.816. The van der Waals surface area contributed by atoms with Gasteiger partial charge in [-0.1, -0.05) is 0 Å². The fourth-order valence-corrected chi connectivity index (χ4v) is 4.59. The molecule has 4 nitrogen and oxygen atoms in total. The first kappa shape index (κ1) is 14.0. The van der Waals surface area contributed by atoms with Crippen molar-refractivity contribution < 1.29 is 9.59 Å². The molecule has 0 aliphatic carbocycles. The van der Waals surface area contributed by atoms with Gasteiger partial charge in [-0.2, -0.15) is 0 Å². The zero-order valence-corrected chi connectivity index (χ0v) is 13.8. The van der Waals surface area contributed by atoms with Crippen molar-refractivity contribution in [1.82, 2.24) is 9.80 Å². The molecule has 0 radical (unpaired) electrons. The number of carbonyl (C=O) groups excluding carboxylic acids is 2. The van der Waals surface area contributed by atoms with Crippen LogP contribution in [-0.2, 0) is 4.79 Å². The van der Waals surface area contributed by atoms with Crippen LogP contribution in [0, 0.1) is 0 Å². The summed E-state index contributed by atoms with van der Waals surface area (Å²) >= 11 is 8.19. The first-order valence-corrected chi connectivity index (χ1v) is 7.87. The molecular formula is C11H12Br2N2O2S. The number of amides is 2. The van der Waals surface area contributed by atoms with Gasteiger partial charge in [0.1, 0.15) is 6.54 Å². The average molecular weight is 396 g/mol. The van der Waals surface area contributed by atoms with Crippen LogP contribution in [0.3, 0.4) is 0 Å². The Hall–Kier alpha value is -0.400. The largest absolute Gasteiger partial charge is 0.344 e. The lowest BCUT2D eigenvalue weighted by atomic mass is 10.3. The summed E-state index contributed by atoms with van der Waals surface area (Å²) < 4.78 is 1.69. The van der Waals surface area contributed by atoms with E-state index in [0.717, 1.165) is 14.0 Å². The maximum Gasteiger partial charge on any atom is 0.256 e. The van der Waals surface area contributed by atoms with Gasteiger partial charge in [-0.3, -0.25) is 9.59 Å². The molecule has 2 amide bonds. The predicted octanol–water partition coefficient (Wildman–Crippen LogP) is 2.58. The van der Waals surface area contributed by atoms with E-state index in [2.05, 4.69) is 31.9 Å². The molecule has 0 N–H and O–H groups in total. The van der Waals surface area contributed by atoms with E-state index in [9.17, 15) is 9.59 Å². The smallest absolute Gasteiger partial charge is 0.256 e. The third-order valence-electron chi connectivity index (χ3n) is 2.85. The van der Waals surface area contributed by atoms with Crippen molar-refractivity contribution in [3.63, 3.8) is 0 Å². The molecule has 0 spiro atoms. The fraction of sp³-hybridized carbons (Fsp3) is 0.455. The van der Waals surface area contributed by atoms with E-state index in [1.54, 1.807) is 22.9 Å². The number of thiophene rings is 1. The Kier molecular flexibility index (Phi) is 4.45. The Balaban J connectivity index is 2.18. The second kappa shape index (κ2) is 5.71. The Labute approximate surface area is 126 Å². The maximum atomic E-state index is 12.3. The van der Waals surface area contributed by atoms with E-state index < -0.39 is 0 Å². The van der Waals surface area contributed by atoms with Crippen molar-refractivity contribution in [1.29, 1.82) is 0 Å². The molecule has 0 aromatic carbocycles. The number of hydrogen-bond donors (Lipinski definition) is 0. The van der Waals surface area contributed by atoms with Crippen LogP contribution in [-0.4, -0.2) is 48.3 Å². The van der Waals surface area contributed by atoms with E-state index in [1.807, 2.05) is 0 Å². The third kappa shape index (κ3) is 2.95. The van der Waals surface area contributed by atoms with Crippen LogP contribution in [0.1, 0.15) is 16.8 Å². The van der Waals surface area contributed by atoms with Gasteiger partial charge in [0.15, 0.2) is 0 Å². The number of halogens is 2. The van der Waals surface area contributed by atoms with Gasteiger partial charge < -0.3 is 9.80 Å². The average Bonchev–Trinajstić information content (AvgIpc) is 2.55. The fourth-order valence-electron chi connectivity index (χ4n) is 1.82. The number of rotatable bonds is 1. The molecular weight excluding hydrogens is 384 g/mol. The second-order valence-corrected chi connectivity index (χ2v) is 7.88. The number of carbonyl (C=O) groups is 2. The SMILES string of the molecule is CN1CCCN(C(=O)c2cc(Br)sc2Br)CC1=O. The predicted molar refractivity (Wildman–Crippen MR) is 77.9 cm³/mol. The van der Waals surface area contributed by atoms with Crippen molar-refractivity contribution in [3.8, 4) is 0 Å². The van der Waals surface area contributed by atoms with E-state index in [-0.39, 0.29) is 18.4 Å².